The first kappa shape index (κ1) is 17.7. The minimum atomic E-state index is -0.241. The normalized spacial score (nSPS) is 25.4. The Balaban J connectivity index is 1.40. The number of hydrazine groups is 1. The quantitative estimate of drug-likeness (QED) is 0.720. The Kier molecular flexibility index (Phi) is 4.54. The zero-order valence-corrected chi connectivity index (χ0v) is 15.9. The Hall–Kier alpha value is -2.42. The highest BCUT2D eigenvalue weighted by Gasteiger charge is 2.44. The molecular weight excluding hydrogens is 380 g/mol. The largest absolute Gasteiger partial charge is 0.420 e. The number of nitrogens with zero attached hydrogens (tertiary/aromatic N) is 3. The SMILES string of the molecule is O=C1C=C(C2CCNCC2)N2NCC(c3nnc(-c4cccc(Cl)c4)o3)C2N1. The van der Waals surface area contributed by atoms with Crippen LogP contribution >= 0.6 is 11.6 Å². The minimum absolute atomic E-state index is 0.0712. The molecule has 0 saturated carbocycles. The molecule has 4 heterocycles. The number of carbonyl (C=O) groups is 1. The van der Waals surface area contributed by atoms with E-state index in [2.05, 4.69) is 31.3 Å². The number of allylic oxidation sites excluding steroid dienone is 1. The van der Waals surface area contributed by atoms with Gasteiger partial charge in [0.15, 0.2) is 0 Å². The number of hydrogen-bond acceptors (Lipinski definition) is 7. The smallest absolute Gasteiger partial charge is 0.247 e. The third kappa shape index (κ3) is 3.17. The van der Waals surface area contributed by atoms with Crippen molar-refractivity contribution in [2.75, 3.05) is 19.6 Å². The van der Waals surface area contributed by atoms with Gasteiger partial charge in [0.2, 0.25) is 17.7 Å². The van der Waals surface area contributed by atoms with E-state index in [1.54, 1.807) is 18.2 Å². The Labute approximate surface area is 167 Å². The molecule has 3 aliphatic heterocycles. The zero-order valence-electron chi connectivity index (χ0n) is 15.2. The highest BCUT2D eigenvalue weighted by molar-refractivity contribution is 6.30. The molecule has 9 heteroatoms. The zero-order chi connectivity index (χ0) is 19.1. The fraction of sp³-hybridized carbons (Fsp3) is 0.421. The molecule has 0 radical (unpaired) electrons. The Morgan fingerprint density at radius 3 is 2.89 bits per heavy atom. The summed E-state index contributed by atoms with van der Waals surface area (Å²) in [5, 5.41) is 17.5. The van der Waals surface area contributed by atoms with Crippen LogP contribution in [0.3, 0.4) is 0 Å². The topological polar surface area (TPSA) is 95.3 Å². The molecule has 5 rings (SSSR count). The van der Waals surface area contributed by atoms with Crippen LogP contribution in [0.5, 0.6) is 0 Å². The van der Waals surface area contributed by atoms with Gasteiger partial charge in [-0.3, -0.25) is 9.80 Å². The summed E-state index contributed by atoms with van der Waals surface area (Å²) in [6.45, 7) is 2.56. The molecule has 2 saturated heterocycles. The van der Waals surface area contributed by atoms with Crippen LogP contribution in [-0.2, 0) is 4.79 Å². The second-order valence-electron chi connectivity index (χ2n) is 7.34. The molecule has 2 unspecified atom stereocenters. The van der Waals surface area contributed by atoms with Gasteiger partial charge in [0.1, 0.15) is 6.17 Å². The summed E-state index contributed by atoms with van der Waals surface area (Å²) in [6.07, 6.45) is 3.52. The number of fused-ring (bicyclic) bond motifs is 1. The average molecular weight is 401 g/mol. The van der Waals surface area contributed by atoms with E-state index in [4.69, 9.17) is 16.0 Å². The third-order valence-corrected chi connectivity index (χ3v) is 5.81. The summed E-state index contributed by atoms with van der Waals surface area (Å²) in [5.41, 5.74) is 5.24. The predicted molar refractivity (Wildman–Crippen MR) is 103 cm³/mol. The summed E-state index contributed by atoms with van der Waals surface area (Å²) in [6, 6.07) is 7.31. The van der Waals surface area contributed by atoms with Crippen LogP contribution in [-0.4, -0.2) is 46.9 Å². The van der Waals surface area contributed by atoms with E-state index in [1.165, 1.54) is 0 Å². The second-order valence-corrected chi connectivity index (χ2v) is 7.78. The Morgan fingerprint density at radius 2 is 2.07 bits per heavy atom. The molecule has 3 N–H and O–H groups in total. The lowest BCUT2D eigenvalue weighted by atomic mass is 9.92. The van der Waals surface area contributed by atoms with Gasteiger partial charge < -0.3 is 15.1 Å². The van der Waals surface area contributed by atoms with Gasteiger partial charge in [0.25, 0.3) is 0 Å². The van der Waals surface area contributed by atoms with Crippen molar-refractivity contribution in [2.24, 2.45) is 5.92 Å². The first-order valence-corrected chi connectivity index (χ1v) is 9.92. The van der Waals surface area contributed by atoms with Crippen molar-refractivity contribution in [3.8, 4) is 11.5 Å². The number of aromatic nitrogens is 2. The van der Waals surface area contributed by atoms with Crippen molar-refractivity contribution >= 4 is 17.5 Å². The number of halogens is 1. The van der Waals surface area contributed by atoms with Crippen molar-refractivity contribution in [3.63, 3.8) is 0 Å². The lowest BCUT2D eigenvalue weighted by molar-refractivity contribution is -0.119. The second kappa shape index (κ2) is 7.20. The van der Waals surface area contributed by atoms with Crippen molar-refractivity contribution < 1.29 is 9.21 Å². The van der Waals surface area contributed by atoms with Crippen molar-refractivity contribution in [3.05, 3.63) is 47.0 Å². The van der Waals surface area contributed by atoms with Crippen molar-refractivity contribution in [1.82, 2.24) is 31.3 Å². The van der Waals surface area contributed by atoms with E-state index in [1.807, 2.05) is 12.1 Å². The molecule has 1 aromatic carbocycles. The number of nitrogens with one attached hydrogen (secondary N) is 3. The van der Waals surface area contributed by atoms with E-state index in [0.717, 1.165) is 37.2 Å². The van der Waals surface area contributed by atoms with Crippen LogP contribution in [0.2, 0.25) is 5.02 Å². The number of rotatable bonds is 3. The predicted octanol–water partition coefficient (Wildman–Crippen LogP) is 1.63. The fourth-order valence-corrected chi connectivity index (χ4v) is 4.36. The summed E-state index contributed by atoms with van der Waals surface area (Å²) >= 11 is 6.06. The van der Waals surface area contributed by atoms with Crippen LogP contribution < -0.4 is 16.1 Å². The van der Waals surface area contributed by atoms with Gasteiger partial charge in [-0.25, -0.2) is 5.43 Å². The number of carbonyl (C=O) groups excluding carboxylic acids is 1. The Bertz CT molecular complexity index is 923. The molecule has 0 spiro atoms. The first-order chi connectivity index (χ1) is 13.7. The molecule has 3 aliphatic rings. The molecule has 0 bridgehead atoms. The maximum Gasteiger partial charge on any atom is 0.247 e. The highest BCUT2D eigenvalue weighted by Crippen LogP contribution is 2.35. The van der Waals surface area contributed by atoms with E-state index in [-0.39, 0.29) is 18.0 Å². The molecule has 2 aromatic rings. The number of amides is 1. The van der Waals surface area contributed by atoms with E-state index >= 15 is 0 Å². The van der Waals surface area contributed by atoms with Gasteiger partial charge in [-0.15, -0.1) is 10.2 Å². The van der Waals surface area contributed by atoms with Gasteiger partial charge in [-0.05, 0) is 44.1 Å². The third-order valence-electron chi connectivity index (χ3n) is 5.57. The van der Waals surface area contributed by atoms with Gasteiger partial charge in [-0.2, -0.15) is 0 Å². The van der Waals surface area contributed by atoms with Gasteiger partial charge in [0.05, 0.1) is 5.92 Å². The van der Waals surface area contributed by atoms with Crippen molar-refractivity contribution in [1.29, 1.82) is 0 Å². The lowest BCUT2D eigenvalue weighted by Gasteiger charge is -2.38. The first-order valence-electron chi connectivity index (χ1n) is 9.54. The molecule has 8 nitrogen and oxygen atoms in total. The number of hydrogen-bond donors (Lipinski definition) is 3. The van der Waals surface area contributed by atoms with Gasteiger partial charge in [0, 0.05) is 34.8 Å². The minimum Gasteiger partial charge on any atom is -0.420 e. The van der Waals surface area contributed by atoms with E-state index in [0.29, 0.717) is 29.3 Å². The monoisotopic (exact) mass is 400 g/mol. The molecule has 146 valence electrons. The molecule has 2 fully saturated rings. The molecule has 1 aromatic heterocycles. The van der Waals surface area contributed by atoms with Crippen molar-refractivity contribution in [2.45, 2.75) is 24.9 Å². The van der Waals surface area contributed by atoms with Crippen LogP contribution in [0.1, 0.15) is 24.7 Å². The van der Waals surface area contributed by atoms with E-state index < -0.39 is 0 Å². The Morgan fingerprint density at radius 1 is 1.21 bits per heavy atom. The lowest BCUT2D eigenvalue weighted by Crippen LogP contribution is -2.53. The summed E-state index contributed by atoms with van der Waals surface area (Å²) in [5.74, 6) is 1.09. The maximum absolute atomic E-state index is 12.4. The number of benzene rings is 1. The molecule has 1 amide bonds. The number of piperidine rings is 1. The molecule has 0 aliphatic carbocycles. The molecule has 28 heavy (non-hydrogen) atoms. The van der Waals surface area contributed by atoms with Crippen LogP contribution in [0, 0.1) is 5.92 Å². The van der Waals surface area contributed by atoms with Gasteiger partial charge >= 0.3 is 0 Å². The molecule has 2 atom stereocenters. The van der Waals surface area contributed by atoms with Crippen LogP contribution in [0.25, 0.3) is 11.5 Å². The summed E-state index contributed by atoms with van der Waals surface area (Å²) < 4.78 is 5.95. The van der Waals surface area contributed by atoms with Crippen LogP contribution in [0.4, 0.5) is 0 Å². The van der Waals surface area contributed by atoms with Crippen LogP contribution in [0.15, 0.2) is 40.5 Å². The maximum atomic E-state index is 12.4. The molecular formula is C19H21ClN6O2. The van der Waals surface area contributed by atoms with Gasteiger partial charge in [-0.1, -0.05) is 17.7 Å². The highest BCUT2D eigenvalue weighted by atomic mass is 35.5. The van der Waals surface area contributed by atoms with E-state index in [9.17, 15) is 4.79 Å². The summed E-state index contributed by atoms with van der Waals surface area (Å²) in [7, 11) is 0. The summed E-state index contributed by atoms with van der Waals surface area (Å²) in [4.78, 5) is 12.4. The standard InChI is InChI=1S/C19H21ClN6O2/c20-13-3-1-2-12(8-13)18-24-25-19(28-18)14-10-22-26-15(9-16(27)23-17(14)26)11-4-6-21-7-5-11/h1-3,8-9,11,14,17,21-22H,4-7,10H2,(H,23,27). The average Bonchev–Trinajstić information content (AvgIpc) is 3.35. The fourth-order valence-electron chi connectivity index (χ4n) is 4.17.